The summed E-state index contributed by atoms with van der Waals surface area (Å²) in [5.74, 6) is -1.52. The Labute approximate surface area is 165 Å². The van der Waals surface area contributed by atoms with Gasteiger partial charge in [-0.1, -0.05) is 36.4 Å². The van der Waals surface area contributed by atoms with Crippen LogP contribution in [0.1, 0.15) is 57.5 Å². The highest BCUT2D eigenvalue weighted by atomic mass is 16.6. The van der Waals surface area contributed by atoms with Gasteiger partial charge in [0.05, 0.1) is 0 Å². The second-order valence-corrected chi connectivity index (χ2v) is 8.47. The fourth-order valence-corrected chi connectivity index (χ4v) is 2.60. The van der Waals surface area contributed by atoms with E-state index < -0.39 is 23.1 Å². The standard InChI is InChI=1S/C23H26O5/c1-22(2,3)27-20(25)19(21(26)28-23(4,5)6)13-15-11-12-16(14-24)18-10-8-7-9-17(15)18/h7-14H,1-6H3. The number of aldehydes is 1. The molecule has 0 aliphatic heterocycles. The van der Waals surface area contributed by atoms with Gasteiger partial charge < -0.3 is 9.47 Å². The van der Waals surface area contributed by atoms with Crippen molar-refractivity contribution >= 4 is 35.1 Å². The highest BCUT2D eigenvalue weighted by molar-refractivity contribution is 6.19. The van der Waals surface area contributed by atoms with E-state index in [1.807, 2.05) is 24.3 Å². The monoisotopic (exact) mass is 382 g/mol. The molecule has 0 fully saturated rings. The molecule has 0 N–H and O–H groups in total. The van der Waals surface area contributed by atoms with Gasteiger partial charge in [-0.3, -0.25) is 4.79 Å². The van der Waals surface area contributed by atoms with E-state index in [1.54, 1.807) is 53.7 Å². The van der Waals surface area contributed by atoms with Crippen LogP contribution in [0.2, 0.25) is 0 Å². The zero-order chi connectivity index (χ0) is 21.1. The summed E-state index contributed by atoms with van der Waals surface area (Å²) in [6.45, 7) is 10.4. The van der Waals surface area contributed by atoms with Gasteiger partial charge in [-0.25, -0.2) is 9.59 Å². The summed E-state index contributed by atoms with van der Waals surface area (Å²) in [6, 6.07) is 10.6. The number of ether oxygens (including phenoxy) is 2. The third-order valence-corrected chi connectivity index (χ3v) is 3.66. The van der Waals surface area contributed by atoms with Crippen LogP contribution in [-0.2, 0) is 19.1 Å². The summed E-state index contributed by atoms with van der Waals surface area (Å²) < 4.78 is 10.8. The molecular formula is C23H26O5. The van der Waals surface area contributed by atoms with Crippen LogP contribution in [0.3, 0.4) is 0 Å². The van der Waals surface area contributed by atoms with Gasteiger partial charge in [0.15, 0.2) is 6.29 Å². The molecule has 0 radical (unpaired) electrons. The lowest BCUT2D eigenvalue weighted by Gasteiger charge is -2.23. The van der Waals surface area contributed by atoms with Gasteiger partial charge in [0.1, 0.15) is 16.8 Å². The van der Waals surface area contributed by atoms with Crippen LogP contribution in [0, 0.1) is 0 Å². The minimum atomic E-state index is -0.762. The average Bonchev–Trinajstić information content (AvgIpc) is 2.56. The highest BCUT2D eigenvalue weighted by Gasteiger charge is 2.29. The molecule has 0 amide bonds. The molecule has 0 heterocycles. The molecule has 148 valence electrons. The Morgan fingerprint density at radius 2 is 1.18 bits per heavy atom. The topological polar surface area (TPSA) is 69.7 Å². The van der Waals surface area contributed by atoms with Crippen molar-refractivity contribution in [1.82, 2.24) is 0 Å². The first-order valence-electron chi connectivity index (χ1n) is 9.06. The number of esters is 2. The van der Waals surface area contributed by atoms with E-state index >= 15 is 0 Å². The Kier molecular flexibility index (Phi) is 6.07. The Hall–Kier alpha value is -2.95. The summed E-state index contributed by atoms with van der Waals surface area (Å²) in [5, 5.41) is 1.48. The van der Waals surface area contributed by atoms with Gasteiger partial charge in [-0.15, -0.1) is 0 Å². The van der Waals surface area contributed by atoms with Gasteiger partial charge in [-0.2, -0.15) is 0 Å². The summed E-state index contributed by atoms with van der Waals surface area (Å²) in [6.07, 6.45) is 2.23. The summed E-state index contributed by atoms with van der Waals surface area (Å²) in [4.78, 5) is 36.7. The molecule has 0 aromatic heterocycles. The van der Waals surface area contributed by atoms with Crippen molar-refractivity contribution in [3.8, 4) is 0 Å². The van der Waals surface area contributed by atoms with Crippen molar-refractivity contribution in [3.05, 3.63) is 53.1 Å². The van der Waals surface area contributed by atoms with Gasteiger partial charge >= 0.3 is 11.9 Å². The molecule has 0 bridgehead atoms. The van der Waals surface area contributed by atoms with E-state index in [2.05, 4.69) is 0 Å². The maximum absolute atomic E-state index is 12.7. The Balaban J connectivity index is 2.61. The molecule has 0 atom stereocenters. The molecule has 0 aliphatic carbocycles. The van der Waals surface area contributed by atoms with E-state index in [-0.39, 0.29) is 5.57 Å². The molecule has 5 heteroatoms. The minimum absolute atomic E-state index is 0.200. The normalized spacial score (nSPS) is 11.6. The van der Waals surface area contributed by atoms with Crippen LogP contribution in [0.25, 0.3) is 16.8 Å². The van der Waals surface area contributed by atoms with Gasteiger partial charge in [0.25, 0.3) is 0 Å². The maximum atomic E-state index is 12.7. The smallest absolute Gasteiger partial charge is 0.346 e. The Morgan fingerprint density at radius 1 is 0.750 bits per heavy atom. The van der Waals surface area contributed by atoms with Crippen LogP contribution in [-0.4, -0.2) is 29.4 Å². The summed E-state index contributed by atoms with van der Waals surface area (Å²) >= 11 is 0. The van der Waals surface area contributed by atoms with E-state index in [9.17, 15) is 14.4 Å². The first-order chi connectivity index (χ1) is 12.9. The van der Waals surface area contributed by atoms with Crippen LogP contribution < -0.4 is 0 Å². The van der Waals surface area contributed by atoms with Crippen LogP contribution in [0.4, 0.5) is 0 Å². The summed E-state index contributed by atoms with van der Waals surface area (Å²) in [5.41, 5.74) is -0.575. The van der Waals surface area contributed by atoms with Crippen molar-refractivity contribution in [2.45, 2.75) is 52.7 Å². The van der Waals surface area contributed by atoms with Crippen molar-refractivity contribution in [2.24, 2.45) is 0 Å². The molecule has 0 saturated heterocycles. The first kappa shape index (κ1) is 21.4. The number of rotatable bonds is 4. The minimum Gasteiger partial charge on any atom is -0.456 e. The average molecular weight is 382 g/mol. The van der Waals surface area contributed by atoms with E-state index in [4.69, 9.17) is 9.47 Å². The fraction of sp³-hybridized carbons (Fsp3) is 0.348. The number of carbonyl (C=O) groups excluding carboxylic acids is 3. The lowest BCUT2D eigenvalue weighted by molar-refractivity contribution is -0.158. The van der Waals surface area contributed by atoms with E-state index in [0.717, 1.165) is 17.1 Å². The quantitative estimate of drug-likeness (QED) is 0.252. The van der Waals surface area contributed by atoms with Crippen molar-refractivity contribution in [3.63, 3.8) is 0 Å². The molecule has 0 unspecified atom stereocenters. The third-order valence-electron chi connectivity index (χ3n) is 3.66. The van der Waals surface area contributed by atoms with Crippen molar-refractivity contribution in [1.29, 1.82) is 0 Å². The molecule has 0 saturated carbocycles. The second-order valence-electron chi connectivity index (χ2n) is 8.47. The number of hydrogen-bond acceptors (Lipinski definition) is 5. The Morgan fingerprint density at radius 3 is 1.61 bits per heavy atom. The van der Waals surface area contributed by atoms with Crippen LogP contribution in [0.5, 0.6) is 0 Å². The lowest BCUT2D eigenvalue weighted by atomic mass is 9.98. The van der Waals surface area contributed by atoms with E-state index in [0.29, 0.717) is 11.1 Å². The zero-order valence-electron chi connectivity index (χ0n) is 17.2. The Bertz CT molecular complexity index is 910. The molecule has 0 spiro atoms. The maximum Gasteiger partial charge on any atom is 0.346 e. The molecule has 2 aromatic carbocycles. The predicted molar refractivity (Wildman–Crippen MR) is 109 cm³/mol. The van der Waals surface area contributed by atoms with Crippen LogP contribution >= 0.6 is 0 Å². The second kappa shape index (κ2) is 7.97. The van der Waals surface area contributed by atoms with Crippen LogP contribution in [0.15, 0.2) is 42.0 Å². The lowest BCUT2D eigenvalue weighted by Crippen LogP contribution is -2.31. The van der Waals surface area contributed by atoms with Crippen molar-refractivity contribution < 1.29 is 23.9 Å². The molecule has 2 rings (SSSR count). The number of benzene rings is 2. The SMILES string of the molecule is CC(C)(C)OC(=O)C(=Cc1ccc(C=O)c2ccccc12)C(=O)OC(C)(C)C. The van der Waals surface area contributed by atoms with Gasteiger partial charge in [0.2, 0.25) is 0 Å². The largest absolute Gasteiger partial charge is 0.456 e. The summed E-state index contributed by atoms with van der Waals surface area (Å²) in [7, 11) is 0. The fourth-order valence-electron chi connectivity index (χ4n) is 2.60. The van der Waals surface area contributed by atoms with E-state index in [1.165, 1.54) is 6.08 Å². The molecule has 0 aliphatic rings. The number of fused-ring (bicyclic) bond motifs is 1. The zero-order valence-corrected chi connectivity index (χ0v) is 17.2. The van der Waals surface area contributed by atoms with Gasteiger partial charge in [-0.05, 0) is 64.0 Å². The molecular weight excluding hydrogens is 356 g/mol. The molecule has 28 heavy (non-hydrogen) atoms. The number of carbonyl (C=O) groups is 3. The highest BCUT2D eigenvalue weighted by Crippen LogP contribution is 2.25. The predicted octanol–water partition coefficient (Wildman–Crippen LogP) is 4.72. The third kappa shape index (κ3) is 5.52. The first-order valence-corrected chi connectivity index (χ1v) is 9.06. The van der Waals surface area contributed by atoms with Gasteiger partial charge in [0, 0.05) is 5.56 Å². The number of hydrogen-bond donors (Lipinski definition) is 0. The molecule has 2 aromatic rings. The van der Waals surface area contributed by atoms with Crippen molar-refractivity contribution in [2.75, 3.05) is 0 Å². The molecule has 5 nitrogen and oxygen atoms in total.